The number of nitrogens with zero attached hydrogens (tertiary/aromatic N) is 3. The Labute approximate surface area is 173 Å². The van der Waals surface area contributed by atoms with E-state index in [1.165, 1.54) is 0 Å². The number of hydrogen-bond donors (Lipinski definition) is 3. The van der Waals surface area contributed by atoms with E-state index in [0.717, 1.165) is 5.56 Å². The quantitative estimate of drug-likeness (QED) is 0.419. The molecule has 146 valence electrons. The molecular formula is C18H13ClN6O3S. The van der Waals surface area contributed by atoms with E-state index in [1.54, 1.807) is 53.1 Å². The summed E-state index contributed by atoms with van der Waals surface area (Å²) in [6.45, 7) is -0.0433. The second kappa shape index (κ2) is 7.86. The topological polar surface area (TPSA) is 122 Å². The Hall–Kier alpha value is -3.50. The molecule has 2 heterocycles. The lowest BCUT2D eigenvalue weighted by atomic mass is 10.2. The fourth-order valence-corrected chi connectivity index (χ4v) is 3.05. The monoisotopic (exact) mass is 428 g/mol. The average molecular weight is 429 g/mol. The molecule has 2 aromatic heterocycles. The highest BCUT2D eigenvalue weighted by Gasteiger charge is 2.13. The van der Waals surface area contributed by atoms with Gasteiger partial charge in [0.25, 0.3) is 0 Å². The minimum Gasteiger partial charge on any atom is -0.325 e. The lowest BCUT2D eigenvalue weighted by Gasteiger charge is -2.09. The molecule has 3 N–H and O–H groups in total. The van der Waals surface area contributed by atoms with E-state index in [0.29, 0.717) is 26.9 Å². The van der Waals surface area contributed by atoms with E-state index in [9.17, 15) is 9.59 Å². The van der Waals surface area contributed by atoms with Crippen LogP contribution in [0.1, 0.15) is 0 Å². The molecule has 0 saturated carbocycles. The third kappa shape index (κ3) is 4.18. The van der Waals surface area contributed by atoms with Gasteiger partial charge in [0.15, 0.2) is 16.4 Å². The fraction of sp³-hybridized carbons (Fsp3) is 0.0556. The Morgan fingerprint density at radius 1 is 1.21 bits per heavy atom. The number of hydrogen-bond acceptors (Lipinski definition) is 6. The van der Waals surface area contributed by atoms with Gasteiger partial charge in [-0.15, -0.1) is 0 Å². The maximum absolute atomic E-state index is 12.6. The van der Waals surface area contributed by atoms with Crippen LogP contribution < -0.4 is 11.1 Å². The van der Waals surface area contributed by atoms with Gasteiger partial charge in [-0.3, -0.25) is 24.0 Å². The van der Waals surface area contributed by atoms with Gasteiger partial charge in [-0.1, -0.05) is 28.9 Å². The summed E-state index contributed by atoms with van der Waals surface area (Å²) in [5.74, 6) is -0.161. The van der Waals surface area contributed by atoms with E-state index in [2.05, 4.69) is 30.2 Å². The largest absolute Gasteiger partial charge is 0.439 e. The van der Waals surface area contributed by atoms with Gasteiger partial charge in [0, 0.05) is 21.8 Å². The standard InChI is InChI=1S/C18H13ClN6O3S/c19-12-6-4-10(5-7-12)16-22-23-17(29)25(16)9-14(26)20-13-3-1-2-11(8-13)15-21-18(27)28-24-15/h1-8H,9H2,(H,20,26)(H,23,29)(H,21,24,27). The third-order valence-electron chi connectivity index (χ3n) is 4.02. The van der Waals surface area contributed by atoms with Crippen molar-refractivity contribution in [1.29, 1.82) is 0 Å². The van der Waals surface area contributed by atoms with Crippen molar-refractivity contribution < 1.29 is 9.32 Å². The summed E-state index contributed by atoms with van der Waals surface area (Å²) in [7, 11) is 0. The lowest BCUT2D eigenvalue weighted by molar-refractivity contribution is -0.116. The molecule has 0 saturated heterocycles. The Morgan fingerprint density at radius 3 is 2.72 bits per heavy atom. The van der Waals surface area contributed by atoms with Crippen molar-refractivity contribution in [3.05, 3.63) is 68.9 Å². The van der Waals surface area contributed by atoms with E-state index >= 15 is 0 Å². The molecule has 0 aliphatic carbocycles. The first-order valence-electron chi connectivity index (χ1n) is 8.37. The highest BCUT2D eigenvalue weighted by Crippen LogP contribution is 2.21. The lowest BCUT2D eigenvalue weighted by Crippen LogP contribution is -2.19. The van der Waals surface area contributed by atoms with Crippen LogP contribution in [-0.4, -0.2) is 30.8 Å². The van der Waals surface area contributed by atoms with Crippen LogP contribution in [0.2, 0.25) is 5.02 Å². The normalized spacial score (nSPS) is 10.8. The summed E-state index contributed by atoms with van der Waals surface area (Å²) in [5, 5.41) is 13.9. The number of H-pyrrole nitrogens is 2. The molecule has 0 aliphatic heterocycles. The number of aromatic amines is 2. The summed E-state index contributed by atoms with van der Waals surface area (Å²) < 4.78 is 6.41. The van der Waals surface area contributed by atoms with Crippen LogP contribution in [0, 0.1) is 4.77 Å². The fourth-order valence-electron chi connectivity index (χ4n) is 2.73. The molecule has 2 aromatic carbocycles. The predicted octanol–water partition coefficient (Wildman–Crippen LogP) is 3.24. The number of carbonyl (C=O) groups excluding carboxylic acids is 1. The number of aromatic nitrogens is 5. The number of carbonyl (C=O) groups is 1. The number of amides is 1. The van der Waals surface area contributed by atoms with Crippen molar-refractivity contribution in [3.8, 4) is 22.8 Å². The minimum absolute atomic E-state index is 0.0433. The highest BCUT2D eigenvalue weighted by atomic mass is 35.5. The first-order chi connectivity index (χ1) is 14.0. The number of anilines is 1. The number of benzene rings is 2. The Kier molecular flexibility index (Phi) is 5.10. The van der Waals surface area contributed by atoms with Crippen LogP contribution in [0.4, 0.5) is 5.69 Å². The van der Waals surface area contributed by atoms with Gasteiger partial charge in [0.2, 0.25) is 5.91 Å². The second-order valence-electron chi connectivity index (χ2n) is 6.02. The van der Waals surface area contributed by atoms with Gasteiger partial charge in [0.05, 0.1) is 0 Å². The van der Waals surface area contributed by atoms with Gasteiger partial charge in [-0.2, -0.15) is 5.10 Å². The van der Waals surface area contributed by atoms with Gasteiger partial charge < -0.3 is 5.32 Å². The Bertz CT molecular complexity index is 1290. The molecule has 0 radical (unpaired) electrons. The Balaban J connectivity index is 1.54. The number of nitrogens with one attached hydrogen (secondary N) is 3. The smallest absolute Gasteiger partial charge is 0.325 e. The second-order valence-corrected chi connectivity index (χ2v) is 6.84. The molecule has 9 nitrogen and oxygen atoms in total. The van der Waals surface area contributed by atoms with E-state index < -0.39 is 5.76 Å². The van der Waals surface area contributed by atoms with Crippen LogP contribution in [0.3, 0.4) is 0 Å². The summed E-state index contributed by atoms with van der Waals surface area (Å²) in [6.07, 6.45) is 0. The molecular weight excluding hydrogens is 416 g/mol. The molecule has 11 heteroatoms. The SMILES string of the molecule is O=C(Cn1c(-c2ccc(Cl)cc2)n[nH]c1=S)Nc1cccc(-c2noc(=O)[nH]2)c1. The summed E-state index contributed by atoms with van der Waals surface area (Å²) in [4.78, 5) is 26.2. The maximum Gasteiger partial charge on any atom is 0.439 e. The molecule has 4 aromatic rings. The van der Waals surface area contributed by atoms with Gasteiger partial charge in [-0.05, 0) is 48.6 Å². The first-order valence-corrected chi connectivity index (χ1v) is 9.15. The summed E-state index contributed by atoms with van der Waals surface area (Å²) in [5.41, 5.74) is 1.89. The van der Waals surface area contributed by atoms with Crippen molar-refractivity contribution in [1.82, 2.24) is 24.9 Å². The first kappa shape index (κ1) is 18.8. The molecule has 0 spiro atoms. The van der Waals surface area contributed by atoms with Gasteiger partial charge >= 0.3 is 5.76 Å². The van der Waals surface area contributed by atoms with Gasteiger partial charge in [0.1, 0.15) is 6.54 Å². The van der Waals surface area contributed by atoms with Crippen LogP contribution in [0.5, 0.6) is 0 Å². The van der Waals surface area contributed by atoms with Crippen molar-refractivity contribution >= 4 is 35.4 Å². The van der Waals surface area contributed by atoms with E-state index in [1.807, 2.05) is 0 Å². The number of rotatable bonds is 5. The van der Waals surface area contributed by atoms with Crippen molar-refractivity contribution in [2.45, 2.75) is 6.54 Å². The third-order valence-corrected chi connectivity index (χ3v) is 4.59. The molecule has 0 atom stereocenters. The zero-order valence-electron chi connectivity index (χ0n) is 14.7. The molecule has 4 rings (SSSR count). The van der Waals surface area contributed by atoms with Crippen LogP contribution in [-0.2, 0) is 11.3 Å². The van der Waals surface area contributed by atoms with E-state index in [-0.39, 0.29) is 18.3 Å². The van der Waals surface area contributed by atoms with Crippen molar-refractivity contribution in [2.75, 3.05) is 5.32 Å². The van der Waals surface area contributed by atoms with Gasteiger partial charge in [-0.25, -0.2) is 4.79 Å². The van der Waals surface area contributed by atoms with E-state index in [4.69, 9.17) is 23.8 Å². The van der Waals surface area contributed by atoms with Crippen LogP contribution >= 0.6 is 23.8 Å². The molecule has 0 aliphatic rings. The highest BCUT2D eigenvalue weighted by molar-refractivity contribution is 7.71. The molecule has 29 heavy (non-hydrogen) atoms. The zero-order valence-corrected chi connectivity index (χ0v) is 16.3. The molecule has 1 amide bonds. The van der Waals surface area contributed by atoms with Crippen molar-refractivity contribution in [2.24, 2.45) is 0 Å². The minimum atomic E-state index is -0.654. The average Bonchev–Trinajstić information content (AvgIpc) is 3.29. The molecule has 0 unspecified atom stereocenters. The zero-order chi connectivity index (χ0) is 20.4. The van der Waals surface area contributed by atoms with Crippen molar-refractivity contribution in [3.63, 3.8) is 0 Å². The summed E-state index contributed by atoms with van der Waals surface area (Å²) in [6, 6.07) is 13.9. The maximum atomic E-state index is 12.6. The molecule has 0 fully saturated rings. The Morgan fingerprint density at radius 2 is 2.00 bits per heavy atom. The predicted molar refractivity (Wildman–Crippen MR) is 109 cm³/mol. The van der Waals surface area contributed by atoms with Crippen LogP contribution in [0.25, 0.3) is 22.8 Å². The molecule has 0 bridgehead atoms. The van der Waals surface area contributed by atoms with Crippen LogP contribution in [0.15, 0.2) is 57.8 Å². The summed E-state index contributed by atoms with van der Waals surface area (Å²) >= 11 is 11.2. The number of halogens is 1.